The molecular weight excluding hydrogens is 547 g/mol. The van der Waals surface area contributed by atoms with E-state index in [2.05, 4.69) is 5.10 Å². The summed E-state index contributed by atoms with van der Waals surface area (Å²) in [5.74, 6) is -2.89. The number of aromatic nitrogens is 2. The second-order valence-corrected chi connectivity index (χ2v) is 10.6. The van der Waals surface area contributed by atoms with Gasteiger partial charge in [0.25, 0.3) is 5.91 Å². The number of hydrogen-bond acceptors (Lipinski definition) is 5. The van der Waals surface area contributed by atoms with Gasteiger partial charge in [-0.3, -0.25) is 4.79 Å². The van der Waals surface area contributed by atoms with Crippen LogP contribution in [-0.4, -0.2) is 47.5 Å². The predicted octanol–water partition coefficient (Wildman–Crippen LogP) is 4.92. The molecule has 3 aromatic rings. The Morgan fingerprint density at radius 3 is 2.34 bits per heavy atom. The molecule has 1 atom stereocenters. The molecule has 0 radical (unpaired) electrons. The molecule has 2 heterocycles. The van der Waals surface area contributed by atoms with Crippen molar-refractivity contribution in [2.24, 2.45) is 0 Å². The summed E-state index contributed by atoms with van der Waals surface area (Å²) in [5.41, 5.74) is -1.83. The number of alkyl halides is 6. The highest BCUT2D eigenvalue weighted by atomic mass is 32.2. The first-order valence-electron chi connectivity index (χ1n) is 10.8. The third-order valence-corrected chi connectivity index (χ3v) is 6.88. The minimum atomic E-state index is -4.93. The van der Waals surface area contributed by atoms with E-state index in [4.69, 9.17) is 4.74 Å². The lowest BCUT2D eigenvalue weighted by Crippen LogP contribution is -2.33. The van der Waals surface area contributed by atoms with Gasteiger partial charge in [0.05, 0.1) is 28.3 Å². The molecule has 1 aliphatic heterocycles. The zero-order valence-electron chi connectivity index (χ0n) is 19.6. The van der Waals surface area contributed by atoms with Crippen LogP contribution >= 0.6 is 0 Å². The number of carbonyl (C=O) groups is 1. The number of hydrogen-bond donors (Lipinski definition) is 0. The fourth-order valence-electron chi connectivity index (χ4n) is 3.77. The summed E-state index contributed by atoms with van der Waals surface area (Å²) in [5, 5.41) is 4.07. The van der Waals surface area contributed by atoms with Crippen molar-refractivity contribution in [3.63, 3.8) is 0 Å². The molecule has 0 spiro atoms. The van der Waals surface area contributed by atoms with Gasteiger partial charge in [-0.1, -0.05) is 6.07 Å². The van der Waals surface area contributed by atoms with Crippen molar-refractivity contribution in [1.82, 2.24) is 14.7 Å². The van der Waals surface area contributed by atoms with Crippen molar-refractivity contribution in [3.05, 3.63) is 70.8 Å². The molecule has 1 aromatic heterocycles. The molecule has 0 saturated heterocycles. The number of sulfone groups is 1. The Kier molecular flexibility index (Phi) is 6.70. The Bertz CT molecular complexity index is 1490. The first kappa shape index (κ1) is 27.4. The smallest absolute Gasteiger partial charge is 0.425 e. The van der Waals surface area contributed by atoms with Crippen molar-refractivity contribution in [2.75, 3.05) is 6.26 Å². The van der Waals surface area contributed by atoms with Crippen molar-refractivity contribution in [1.29, 1.82) is 0 Å². The first-order valence-corrected chi connectivity index (χ1v) is 12.7. The Labute approximate surface area is 211 Å². The Balaban J connectivity index is 1.63. The fraction of sp³-hybridized carbons (Fsp3) is 0.304. The molecule has 1 unspecified atom stereocenters. The van der Waals surface area contributed by atoms with Crippen LogP contribution in [0.25, 0.3) is 5.69 Å². The molecule has 204 valence electrons. The molecule has 7 nitrogen and oxygen atoms in total. The van der Waals surface area contributed by atoms with Crippen LogP contribution in [0.15, 0.2) is 47.5 Å². The molecule has 38 heavy (non-hydrogen) atoms. The van der Waals surface area contributed by atoms with Gasteiger partial charge in [0.1, 0.15) is 11.4 Å². The molecule has 0 saturated carbocycles. The van der Waals surface area contributed by atoms with E-state index >= 15 is 0 Å². The average Bonchev–Trinajstić information content (AvgIpc) is 3.36. The monoisotopic (exact) mass is 565 g/mol. The van der Waals surface area contributed by atoms with E-state index in [0.717, 1.165) is 53.1 Å². The number of rotatable bonds is 5. The number of ether oxygens (including phenoxy) is 1. The molecule has 4 rings (SSSR count). The summed E-state index contributed by atoms with van der Waals surface area (Å²) in [4.78, 5) is 14.1. The number of nitrogens with zero attached hydrogens (tertiary/aromatic N) is 3. The van der Waals surface area contributed by atoms with E-state index in [-0.39, 0.29) is 23.7 Å². The van der Waals surface area contributed by atoms with Crippen molar-refractivity contribution < 1.29 is 48.7 Å². The SMILES string of the molecule is CC(Oc1ccc(S(C)(=O)=O)cc1C(=O)N1Cc2cn(-c3cccc(C(F)(F)F)c3F)nc2C1)C(F)(F)F. The molecule has 0 fully saturated rings. The quantitative estimate of drug-likeness (QED) is 0.411. The van der Waals surface area contributed by atoms with Crippen LogP contribution in [0, 0.1) is 5.82 Å². The van der Waals surface area contributed by atoms with Crippen LogP contribution < -0.4 is 4.74 Å². The van der Waals surface area contributed by atoms with Crippen LogP contribution in [0.1, 0.15) is 34.1 Å². The van der Waals surface area contributed by atoms with Crippen molar-refractivity contribution in [3.8, 4) is 11.4 Å². The minimum Gasteiger partial charge on any atom is -0.480 e. The molecular formula is C23H18F7N3O4S. The molecule has 15 heteroatoms. The normalized spacial score (nSPS) is 14.9. The lowest BCUT2D eigenvalue weighted by atomic mass is 10.1. The Morgan fingerprint density at radius 2 is 1.76 bits per heavy atom. The number of halogens is 7. The van der Waals surface area contributed by atoms with Crippen LogP contribution in [0.2, 0.25) is 0 Å². The highest BCUT2D eigenvalue weighted by Gasteiger charge is 2.39. The second kappa shape index (κ2) is 9.29. The Morgan fingerprint density at radius 1 is 1.08 bits per heavy atom. The van der Waals surface area contributed by atoms with Crippen molar-refractivity contribution >= 4 is 15.7 Å². The summed E-state index contributed by atoms with van der Waals surface area (Å²) in [6.45, 7) is 0.325. The minimum absolute atomic E-state index is 0.174. The molecule has 0 bridgehead atoms. The van der Waals surface area contributed by atoms with E-state index in [9.17, 15) is 43.9 Å². The lowest BCUT2D eigenvalue weighted by Gasteiger charge is -2.22. The van der Waals surface area contributed by atoms with Crippen LogP contribution in [0.3, 0.4) is 0 Å². The zero-order valence-corrected chi connectivity index (χ0v) is 20.4. The number of benzene rings is 2. The highest BCUT2D eigenvalue weighted by molar-refractivity contribution is 7.90. The fourth-order valence-corrected chi connectivity index (χ4v) is 4.42. The first-order chi connectivity index (χ1) is 17.5. The summed E-state index contributed by atoms with van der Waals surface area (Å²) in [6, 6.07) is 5.57. The highest BCUT2D eigenvalue weighted by Crippen LogP contribution is 2.35. The predicted molar refractivity (Wildman–Crippen MR) is 118 cm³/mol. The van der Waals surface area contributed by atoms with Crippen LogP contribution in [-0.2, 0) is 29.1 Å². The maximum absolute atomic E-state index is 14.5. The van der Waals surface area contributed by atoms with Gasteiger partial charge in [0.2, 0.25) is 0 Å². The van der Waals surface area contributed by atoms with Crippen LogP contribution in [0.4, 0.5) is 30.7 Å². The van der Waals surface area contributed by atoms with Gasteiger partial charge in [-0.05, 0) is 37.3 Å². The van der Waals surface area contributed by atoms with E-state index in [1.165, 1.54) is 6.20 Å². The van der Waals surface area contributed by atoms with Gasteiger partial charge in [-0.2, -0.15) is 31.4 Å². The molecule has 0 aliphatic carbocycles. The topological polar surface area (TPSA) is 81.5 Å². The molecule has 0 N–H and O–H groups in total. The Hall–Kier alpha value is -3.62. The van der Waals surface area contributed by atoms with E-state index in [0.29, 0.717) is 11.6 Å². The van der Waals surface area contributed by atoms with Crippen molar-refractivity contribution in [2.45, 2.75) is 43.4 Å². The van der Waals surface area contributed by atoms with Gasteiger partial charge >= 0.3 is 12.4 Å². The number of amides is 1. The van der Waals surface area contributed by atoms with E-state index in [1.807, 2.05) is 0 Å². The summed E-state index contributed by atoms with van der Waals surface area (Å²) in [7, 11) is -3.83. The maximum Gasteiger partial charge on any atom is 0.425 e. The molecule has 2 aromatic carbocycles. The molecule has 1 aliphatic rings. The standard InChI is InChI=1S/C23H18F7N3O4S/c1-12(22(25,26)27)37-19-7-6-14(38(2,35)36)8-15(19)21(34)32-9-13-10-33(31-17(13)11-32)18-5-3-4-16(20(18)24)23(28,29)30/h3-8,10,12H,9,11H2,1-2H3. The largest absolute Gasteiger partial charge is 0.480 e. The second-order valence-electron chi connectivity index (χ2n) is 8.58. The van der Waals surface area contributed by atoms with Gasteiger partial charge in [0.15, 0.2) is 21.8 Å². The molecule has 1 amide bonds. The van der Waals surface area contributed by atoms with Gasteiger partial charge < -0.3 is 9.64 Å². The van der Waals surface area contributed by atoms with Gasteiger partial charge in [-0.25, -0.2) is 17.5 Å². The number of carbonyl (C=O) groups excluding carboxylic acids is 1. The average molecular weight is 565 g/mol. The third kappa shape index (κ3) is 5.33. The summed E-state index contributed by atoms with van der Waals surface area (Å²) in [6.07, 6.45) is -9.90. The lowest BCUT2D eigenvalue weighted by molar-refractivity contribution is -0.189. The summed E-state index contributed by atoms with van der Waals surface area (Å²) < 4.78 is 123. The third-order valence-electron chi connectivity index (χ3n) is 5.77. The zero-order chi connectivity index (χ0) is 28.2. The van der Waals surface area contributed by atoms with E-state index in [1.54, 1.807) is 0 Å². The maximum atomic E-state index is 14.5. The van der Waals surface area contributed by atoms with Gasteiger partial charge in [-0.15, -0.1) is 0 Å². The van der Waals surface area contributed by atoms with Crippen LogP contribution in [0.5, 0.6) is 5.75 Å². The number of fused-ring (bicyclic) bond motifs is 1. The van der Waals surface area contributed by atoms with E-state index < -0.39 is 62.6 Å². The van der Waals surface area contributed by atoms with Gasteiger partial charge in [0, 0.05) is 24.6 Å². The summed E-state index contributed by atoms with van der Waals surface area (Å²) >= 11 is 0.